The van der Waals surface area contributed by atoms with Crippen molar-refractivity contribution in [1.29, 1.82) is 0 Å². The maximum Gasteiger partial charge on any atom is 0.445 e. The molecule has 1 aromatic carbocycles. The minimum absolute atomic E-state index is 0.156. The van der Waals surface area contributed by atoms with E-state index in [2.05, 4.69) is 10.2 Å². The lowest BCUT2D eigenvalue weighted by Gasteiger charge is -2.02. The number of aromatic nitrogens is 2. The summed E-state index contributed by atoms with van der Waals surface area (Å²) in [5.74, 6) is 0.378. The van der Waals surface area contributed by atoms with E-state index >= 15 is 0 Å². The van der Waals surface area contributed by atoms with Gasteiger partial charge in [0.25, 0.3) is 5.19 Å². The Balaban J connectivity index is 2.16. The fourth-order valence-corrected chi connectivity index (χ4v) is 1.78. The zero-order chi connectivity index (χ0) is 13.2. The van der Waals surface area contributed by atoms with Crippen molar-refractivity contribution in [3.63, 3.8) is 0 Å². The maximum atomic E-state index is 12.3. The highest BCUT2D eigenvalue weighted by Crippen LogP contribution is 2.35. The zero-order valence-corrected chi connectivity index (χ0v) is 9.76. The van der Waals surface area contributed by atoms with Gasteiger partial charge in [0.1, 0.15) is 5.75 Å². The van der Waals surface area contributed by atoms with Crippen molar-refractivity contribution in [2.45, 2.75) is 12.7 Å². The second kappa shape index (κ2) is 4.91. The van der Waals surface area contributed by atoms with Gasteiger partial charge in [-0.05, 0) is 17.7 Å². The van der Waals surface area contributed by atoms with Gasteiger partial charge >= 0.3 is 6.18 Å². The van der Waals surface area contributed by atoms with E-state index in [0.29, 0.717) is 23.6 Å². The predicted octanol–water partition coefficient (Wildman–Crippen LogP) is 2.81. The Morgan fingerprint density at radius 3 is 2.67 bits per heavy atom. The fourth-order valence-electron chi connectivity index (χ4n) is 1.20. The standard InChI is InChI=1S/C10H8F3N3OS/c11-10(12,13)8-15-16-9(18-8)17-7-3-1-2-6(4-7)5-14/h1-4H,5,14H2. The van der Waals surface area contributed by atoms with Gasteiger partial charge in [-0.3, -0.25) is 0 Å². The van der Waals surface area contributed by atoms with Crippen molar-refractivity contribution < 1.29 is 17.9 Å². The fraction of sp³-hybridized carbons (Fsp3) is 0.200. The van der Waals surface area contributed by atoms with Crippen LogP contribution in [0.5, 0.6) is 10.9 Å². The molecule has 0 amide bonds. The van der Waals surface area contributed by atoms with Gasteiger partial charge in [0, 0.05) is 6.54 Å². The van der Waals surface area contributed by atoms with Crippen LogP contribution in [0.3, 0.4) is 0 Å². The minimum Gasteiger partial charge on any atom is -0.430 e. The quantitative estimate of drug-likeness (QED) is 0.935. The first-order valence-electron chi connectivity index (χ1n) is 4.86. The van der Waals surface area contributed by atoms with Crippen LogP contribution in [0, 0.1) is 0 Å². The summed E-state index contributed by atoms with van der Waals surface area (Å²) in [7, 11) is 0. The lowest BCUT2D eigenvalue weighted by molar-refractivity contribution is -0.138. The number of halogens is 3. The highest BCUT2D eigenvalue weighted by Gasteiger charge is 2.36. The number of rotatable bonds is 3. The molecule has 0 aliphatic heterocycles. The van der Waals surface area contributed by atoms with Gasteiger partial charge in [-0.15, -0.1) is 5.10 Å². The summed E-state index contributed by atoms with van der Waals surface area (Å²) in [5, 5.41) is 5.16. The largest absolute Gasteiger partial charge is 0.445 e. The van der Waals surface area contributed by atoms with Crippen molar-refractivity contribution in [2.75, 3.05) is 0 Å². The van der Waals surface area contributed by atoms with Crippen LogP contribution in [-0.2, 0) is 12.7 Å². The van der Waals surface area contributed by atoms with Crippen molar-refractivity contribution in [3.05, 3.63) is 34.8 Å². The molecule has 0 atom stereocenters. The van der Waals surface area contributed by atoms with Crippen LogP contribution in [-0.4, -0.2) is 10.2 Å². The van der Waals surface area contributed by atoms with Gasteiger partial charge in [0.2, 0.25) is 5.01 Å². The highest BCUT2D eigenvalue weighted by atomic mass is 32.1. The lowest BCUT2D eigenvalue weighted by Crippen LogP contribution is -2.03. The number of alkyl halides is 3. The van der Waals surface area contributed by atoms with E-state index < -0.39 is 11.2 Å². The van der Waals surface area contributed by atoms with Gasteiger partial charge in [0.15, 0.2) is 0 Å². The molecule has 18 heavy (non-hydrogen) atoms. The molecule has 1 heterocycles. The number of nitrogens with zero attached hydrogens (tertiary/aromatic N) is 2. The molecule has 0 spiro atoms. The topological polar surface area (TPSA) is 61.0 Å². The summed E-state index contributed by atoms with van der Waals surface area (Å²) in [5.41, 5.74) is 6.26. The first kappa shape index (κ1) is 12.8. The third-order valence-corrected chi connectivity index (χ3v) is 2.83. The molecule has 0 saturated carbocycles. The van der Waals surface area contributed by atoms with Crippen molar-refractivity contribution in [2.24, 2.45) is 5.73 Å². The summed E-state index contributed by atoms with van der Waals surface area (Å²) in [6.45, 7) is 0.321. The first-order chi connectivity index (χ1) is 8.49. The second-order valence-corrected chi connectivity index (χ2v) is 4.26. The van der Waals surface area contributed by atoms with E-state index in [1.165, 1.54) is 0 Å². The average Bonchev–Trinajstić information content (AvgIpc) is 2.77. The molecule has 4 nitrogen and oxygen atoms in total. The molecule has 8 heteroatoms. The van der Waals surface area contributed by atoms with Crippen LogP contribution < -0.4 is 10.5 Å². The molecule has 0 radical (unpaired) electrons. The van der Waals surface area contributed by atoms with E-state index in [0.717, 1.165) is 5.56 Å². The van der Waals surface area contributed by atoms with Crippen molar-refractivity contribution in [3.8, 4) is 10.9 Å². The van der Waals surface area contributed by atoms with Crippen LogP contribution in [0.15, 0.2) is 24.3 Å². The molecule has 2 aromatic rings. The molecule has 0 fully saturated rings. The van der Waals surface area contributed by atoms with Gasteiger partial charge in [-0.2, -0.15) is 13.2 Å². The van der Waals surface area contributed by atoms with E-state index in [4.69, 9.17) is 10.5 Å². The average molecular weight is 275 g/mol. The van der Waals surface area contributed by atoms with Crippen LogP contribution >= 0.6 is 11.3 Å². The molecular weight excluding hydrogens is 267 g/mol. The molecule has 0 aliphatic carbocycles. The number of hydrogen-bond acceptors (Lipinski definition) is 5. The normalized spacial score (nSPS) is 11.6. The third kappa shape index (κ3) is 2.96. The number of nitrogens with two attached hydrogens (primary N) is 1. The number of hydrogen-bond donors (Lipinski definition) is 1. The summed E-state index contributed by atoms with van der Waals surface area (Å²) < 4.78 is 42.1. The van der Waals surface area contributed by atoms with Gasteiger partial charge in [-0.1, -0.05) is 28.6 Å². The monoisotopic (exact) mass is 275 g/mol. The highest BCUT2D eigenvalue weighted by molar-refractivity contribution is 7.13. The van der Waals surface area contributed by atoms with Crippen LogP contribution in [0.2, 0.25) is 0 Å². The predicted molar refractivity (Wildman–Crippen MR) is 59.3 cm³/mol. The van der Waals surface area contributed by atoms with Gasteiger partial charge in [0.05, 0.1) is 0 Å². The zero-order valence-electron chi connectivity index (χ0n) is 8.94. The molecule has 2 rings (SSSR count). The third-order valence-electron chi connectivity index (χ3n) is 1.99. The number of benzene rings is 1. The first-order valence-corrected chi connectivity index (χ1v) is 5.68. The van der Waals surface area contributed by atoms with E-state index in [9.17, 15) is 13.2 Å². The van der Waals surface area contributed by atoms with Gasteiger partial charge in [-0.25, -0.2) is 0 Å². The summed E-state index contributed by atoms with van der Waals surface area (Å²) in [6.07, 6.45) is -4.50. The Bertz CT molecular complexity index is 541. The van der Waals surface area contributed by atoms with Crippen molar-refractivity contribution in [1.82, 2.24) is 10.2 Å². The minimum atomic E-state index is -4.50. The lowest BCUT2D eigenvalue weighted by atomic mass is 10.2. The summed E-state index contributed by atoms with van der Waals surface area (Å²) >= 11 is 0.347. The van der Waals surface area contributed by atoms with Crippen LogP contribution in [0.25, 0.3) is 0 Å². The SMILES string of the molecule is NCc1cccc(Oc2nnc(C(F)(F)F)s2)c1. The Kier molecular flexibility index (Phi) is 3.48. The summed E-state index contributed by atoms with van der Waals surface area (Å²) in [4.78, 5) is 0. The van der Waals surface area contributed by atoms with Crippen LogP contribution in [0.1, 0.15) is 10.6 Å². The molecule has 2 N–H and O–H groups in total. The molecule has 0 unspecified atom stereocenters. The Morgan fingerprint density at radius 2 is 2.06 bits per heavy atom. The molecule has 0 saturated heterocycles. The van der Waals surface area contributed by atoms with Gasteiger partial charge < -0.3 is 10.5 Å². The van der Waals surface area contributed by atoms with E-state index in [1.807, 2.05) is 0 Å². The summed E-state index contributed by atoms with van der Waals surface area (Å²) in [6, 6.07) is 6.72. The van der Waals surface area contributed by atoms with Crippen LogP contribution in [0.4, 0.5) is 13.2 Å². The Morgan fingerprint density at radius 1 is 1.28 bits per heavy atom. The Hall–Kier alpha value is -1.67. The maximum absolute atomic E-state index is 12.3. The smallest absolute Gasteiger partial charge is 0.430 e. The van der Waals surface area contributed by atoms with E-state index in [1.54, 1.807) is 24.3 Å². The second-order valence-electron chi connectivity index (χ2n) is 3.32. The Labute approximate surface area is 104 Å². The molecule has 1 aromatic heterocycles. The van der Waals surface area contributed by atoms with E-state index in [-0.39, 0.29) is 5.19 Å². The number of ether oxygens (including phenoxy) is 1. The molecule has 96 valence electrons. The molecular formula is C10H8F3N3OS. The molecule has 0 bridgehead atoms. The van der Waals surface area contributed by atoms with Crippen molar-refractivity contribution >= 4 is 11.3 Å². The molecule has 0 aliphatic rings.